The van der Waals surface area contributed by atoms with Gasteiger partial charge in [0.15, 0.2) is 4.34 Å². The molecule has 24 heavy (non-hydrogen) atoms. The van der Waals surface area contributed by atoms with Gasteiger partial charge in [0, 0.05) is 0 Å². The molecule has 0 aliphatic carbocycles. The van der Waals surface area contributed by atoms with Crippen LogP contribution in [0.3, 0.4) is 0 Å². The van der Waals surface area contributed by atoms with Crippen molar-refractivity contribution in [3.63, 3.8) is 0 Å². The number of rotatable bonds is 5. The lowest BCUT2D eigenvalue weighted by Gasteiger charge is -2.01. The second-order valence-corrected chi connectivity index (χ2v) is 7.12. The van der Waals surface area contributed by atoms with E-state index in [4.69, 9.17) is 0 Å². The Labute approximate surface area is 145 Å². The normalized spacial score (nSPS) is 10.8. The average Bonchev–Trinajstić information content (AvgIpc) is 3.15. The van der Waals surface area contributed by atoms with Crippen LogP contribution in [0.15, 0.2) is 28.6 Å². The van der Waals surface area contributed by atoms with Crippen molar-refractivity contribution < 1.29 is 9.18 Å². The Morgan fingerprint density at radius 2 is 2.08 bits per heavy atom. The molecular formula is C14H13FN6OS2. The molecule has 10 heteroatoms. The number of nitrogens with zero attached hydrogens (tertiary/aromatic N) is 5. The van der Waals surface area contributed by atoms with E-state index in [9.17, 15) is 9.18 Å². The fourth-order valence-electron chi connectivity index (χ4n) is 1.91. The van der Waals surface area contributed by atoms with E-state index in [1.165, 1.54) is 28.2 Å². The van der Waals surface area contributed by atoms with Gasteiger partial charge in [-0.1, -0.05) is 30.0 Å². The fourth-order valence-corrected chi connectivity index (χ4v) is 3.55. The van der Waals surface area contributed by atoms with Crippen LogP contribution in [0.5, 0.6) is 0 Å². The average molecular weight is 364 g/mol. The Morgan fingerprint density at radius 1 is 1.33 bits per heavy atom. The summed E-state index contributed by atoms with van der Waals surface area (Å²) in [5.74, 6) is 0.600. The Morgan fingerprint density at radius 3 is 2.79 bits per heavy atom. The molecule has 2 heterocycles. The SMILES string of the molecule is CCSc1nnc(NC(=O)c2nc(C)n(-c3ccc(F)cc3)n2)s1. The van der Waals surface area contributed by atoms with Crippen molar-refractivity contribution in [2.24, 2.45) is 0 Å². The molecule has 0 radical (unpaired) electrons. The number of aryl methyl sites for hydroxylation is 1. The highest BCUT2D eigenvalue weighted by molar-refractivity contribution is 8.01. The van der Waals surface area contributed by atoms with E-state index in [1.54, 1.807) is 30.8 Å². The van der Waals surface area contributed by atoms with Gasteiger partial charge in [0.1, 0.15) is 11.6 Å². The number of nitrogens with one attached hydrogen (secondary N) is 1. The molecule has 1 aromatic carbocycles. The van der Waals surface area contributed by atoms with Crippen molar-refractivity contribution in [2.75, 3.05) is 11.1 Å². The molecule has 3 aromatic rings. The molecular weight excluding hydrogens is 351 g/mol. The molecule has 0 fully saturated rings. The lowest BCUT2D eigenvalue weighted by atomic mass is 10.3. The maximum atomic E-state index is 13.0. The molecule has 124 valence electrons. The number of thioether (sulfide) groups is 1. The number of halogens is 1. The largest absolute Gasteiger partial charge is 0.297 e. The molecule has 0 spiro atoms. The summed E-state index contributed by atoms with van der Waals surface area (Å²) in [6.07, 6.45) is 0. The topological polar surface area (TPSA) is 85.6 Å². The van der Waals surface area contributed by atoms with Crippen molar-refractivity contribution in [3.8, 4) is 5.69 Å². The predicted octanol–water partition coefficient (Wildman–Crippen LogP) is 2.93. The minimum absolute atomic E-state index is 0.0109. The molecule has 0 aliphatic rings. The van der Waals surface area contributed by atoms with Crippen LogP contribution in [-0.2, 0) is 0 Å². The van der Waals surface area contributed by atoms with Crippen LogP contribution in [0.25, 0.3) is 5.69 Å². The molecule has 0 saturated heterocycles. The standard InChI is InChI=1S/C14H13FN6OS2/c1-3-23-14-19-18-13(24-14)17-12(22)11-16-8(2)21(20-11)10-6-4-9(15)5-7-10/h4-7H,3H2,1-2H3,(H,17,18,22). The predicted molar refractivity (Wildman–Crippen MR) is 90.3 cm³/mol. The summed E-state index contributed by atoms with van der Waals surface area (Å²) in [7, 11) is 0. The summed E-state index contributed by atoms with van der Waals surface area (Å²) >= 11 is 2.85. The van der Waals surface area contributed by atoms with E-state index in [0.717, 1.165) is 10.1 Å². The summed E-state index contributed by atoms with van der Waals surface area (Å²) in [6.45, 7) is 3.73. The number of aromatic nitrogens is 5. The molecule has 0 bridgehead atoms. The molecule has 1 amide bonds. The minimum atomic E-state index is -0.469. The first kappa shape index (κ1) is 16.5. The highest BCUT2D eigenvalue weighted by atomic mass is 32.2. The zero-order valence-electron chi connectivity index (χ0n) is 12.9. The third-order valence-corrected chi connectivity index (χ3v) is 4.79. The third kappa shape index (κ3) is 3.60. The van der Waals surface area contributed by atoms with Gasteiger partial charge in [-0.3, -0.25) is 10.1 Å². The number of amides is 1. The van der Waals surface area contributed by atoms with Gasteiger partial charge >= 0.3 is 0 Å². The van der Waals surface area contributed by atoms with E-state index in [-0.39, 0.29) is 11.6 Å². The van der Waals surface area contributed by atoms with E-state index < -0.39 is 5.91 Å². The monoisotopic (exact) mass is 364 g/mol. The van der Waals surface area contributed by atoms with Gasteiger partial charge in [0.2, 0.25) is 11.0 Å². The van der Waals surface area contributed by atoms with Crippen LogP contribution in [0.1, 0.15) is 23.4 Å². The van der Waals surface area contributed by atoms with Gasteiger partial charge in [-0.05, 0) is 36.9 Å². The zero-order valence-corrected chi connectivity index (χ0v) is 14.5. The Bertz CT molecular complexity index is 861. The first-order chi connectivity index (χ1) is 11.6. The van der Waals surface area contributed by atoms with Crippen molar-refractivity contribution >= 4 is 34.1 Å². The fraction of sp³-hybridized carbons (Fsp3) is 0.214. The van der Waals surface area contributed by atoms with Gasteiger partial charge in [0.25, 0.3) is 5.91 Å². The summed E-state index contributed by atoms with van der Waals surface area (Å²) in [5.41, 5.74) is 0.623. The van der Waals surface area contributed by atoms with Crippen molar-refractivity contribution in [1.82, 2.24) is 25.0 Å². The first-order valence-corrected chi connectivity index (χ1v) is 8.84. The Balaban J connectivity index is 1.78. The summed E-state index contributed by atoms with van der Waals surface area (Å²) in [6, 6.07) is 5.78. The molecule has 1 N–H and O–H groups in total. The number of carbonyl (C=O) groups is 1. The number of anilines is 1. The second kappa shape index (κ2) is 7.05. The van der Waals surface area contributed by atoms with Gasteiger partial charge in [-0.2, -0.15) is 0 Å². The molecule has 3 rings (SSSR count). The van der Waals surface area contributed by atoms with Crippen LogP contribution in [0, 0.1) is 12.7 Å². The van der Waals surface area contributed by atoms with Gasteiger partial charge in [-0.25, -0.2) is 14.1 Å². The second-order valence-electron chi connectivity index (χ2n) is 4.63. The molecule has 0 saturated carbocycles. The zero-order chi connectivity index (χ0) is 17.1. The highest BCUT2D eigenvalue weighted by Crippen LogP contribution is 2.25. The highest BCUT2D eigenvalue weighted by Gasteiger charge is 2.17. The maximum absolute atomic E-state index is 13.0. The number of hydrogen-bond acceptors (Lipinski definition) is 7. The van der Waals surface area contributed by atoms with Gasteiger partial charge < -0.3 is 0 Å². The van der Waals surface area contributed by atoms with Crippen molar-refractivity contribution in [3.05, 3.63) is 41.7 Å². The van der Waals surface area contributed by atoms with E-state index in [2.05, 4.69) is 25.6 Å². The van der Waals surface area contributed by atoms with Gasteiger partial charge in [0.05, 0.1) is 5.69 Å². The quantitative estimate of drug-likeness (QED) is 0.553. The van der Waals surface area contributed by atoms with Crippen LogP contribution in [-0.4, -0.2) is 36.6 Å². The first-order valence-electron chi connectivity index (χ1n) is 7.04. The molecule has 7 nitrogen and oxygen atoms in total. The van der Waals surface area contributed by atoms with Crippen LogP contribution < -0.4 is 5.32 Å². The summed E-state index contributed by atoms with van der Waals surface area (Å²) in [5, 5.41) is 15.1. The molecule has 0 aliphatic heterocycles. The lowest BCUT2D eigenvalue weighted by molar-refractivity contribution is 0.101. The molecule has 0 atom stereocenters. The Kier molecular flexibility index (Phi) is 4.86. The molecule has 0 unspecified atom stereocenters. The lowest BCUT2D eigenvalue weighted by Crippen LogP contribution is -2.14. The Hall–Kier alpha value is -2.33. The van der Waals surface area contributed by atoms with Crippen LogP contribution in [0.4, 0.5) is 9.52 Å². The van der Waals surface area contributed by atoms with E-state index in [0.29, 0.717) is 16.6 Å². The maximum Gasteiger partial charge on any atom is 0.297 e. The van der Waals surface area contributed by atoms with Crippen molar-refractivity contribution in [1.29, 1.82) is 0 Å². The number of benzene rings is 1. The summed E-state index contributed by atoms with van der Waals surface area (Å²) < 4.78 is 15.3. The van der Waals surface area contributed by atoms with Crippen molar-refractivity contribution in [2.45, 2.75) is 18.2 Å². The smallest absolute Gasteiger partial charge is 0.294 e. The molecule has 2 aromatic heterocycles. The number of carbonyl (C=O) groups excluding carboxylic acids is 1. The third-order valence-electron chi connectivity index (χ3n) is 2.94. The minimum Gasteiger partial charge on any atom is -0.294 e. The van der Waals surface area contributed by atoms with E-state index in [1.807, 2.05) is 6.92 Å². The summed E-state index contributed by atoms with van der Waals surface area (Å²) in [4.78, 5) is 16.4. The number of hydrogen-bond donors (Lipinski definition) is 1. The van der Waals surface area contributed by atoms with Crippen LogP contribution >= 0.6 is 23.1 Å². The van der Waals surface area contributed by atoms with Gasteiger partial charge in [-0.15, -0.1) is 15.3 Å². The van der Waals surface area contributed by atoms with Crippen LogP contribution in [0.2, 0.25) is 0 Å². The van der Waals surface area contributed by atoms with E-state index >= 15 is 0 Å².